The molecular formula is C18H19NO2. The van der Waals surface area contributed by atoms with Gasteiger partial charge in [0.2, 0.25) is 0 Å². The Labute approximate surface area is 124 Å². The minimum absolute atomic E-state index is 0.289. The minimum atomic E-state index is -0.289. The molecule has 1 aliphatic carbocycles. The molecule has 1 atom stereocenters. The van der Waals surface area contributed by atoms with Crippen molar-refractivity contribution in [2.45, 2.75) is 25.8 Å². The molecule has 2 aromatic rings. The third-order valence-corrected chi connectivity index (χ3v) is 4.20. The Balaban J connectivity index is 1.88. The van der Waals surface area contributed by atoms with Gasteiger partial charge in [-0.25, -0.2) is 4.79 Å². The molecular weight excluding hydrogens is 262 g/mol. The topological polar surface area (TPSA) is 38.3 Å². The SMILES string of the molecule is COC(=O)c1cccc(NC2CCc3ccccc32)c1C. The van der Waals surface area contributed by atoms with Gasteiger partial charge in [0.1, 0.15) is 0 Å². The molecule has 0 saturated carbocycles. The van der Waals surface area contributed by atoms with Crippen LogP contribution in [0.5, 0.6) is 0 Å². The van der Waals surface area contributed by atoms with Crippen molar-refractivity contribution in [3.63, 3.8) is 0 Å². The number of ether oxygens (including phenoxy) is 1. The van der Waals surface area contributed by atoms with Gasteiger partial charge in [-0.15, -0.1) is 0 Å². The lowest BCUT2D eigenvalue weighted by molar-refractivity contribution is 0.0600. The van der Waals surface area contributed by atoms with Crippen LogP contribution in [-0.2, 0) is 11.2 Å². The largest absolute Gasteiger partial charge is 0.465 e. The van der Waals surface area contributed by atoms with Crippen molar-refractivity contribution in [3.05, 3.63) is 64.7 Å². The number of esters is 1. The number of carbonyl (C=O) groups is 1. The molecule has 0 amide bonds. The molecule has 1 N–H and O–H groups in total. The van der Waals surface area contributed by atoms with Gasteiger partial charge in [-0.1, -0.05) is 30.3 Å². The molecule has 0 fully saturated rings. The predicted octanol–water partition coefficient (Wildman–Crippen LogP) is 3.88. The fraction of sp³-hybridized carbons (Fsp3) is 0.278. The van der Waals surface area contributed by atoms with Crippen LogP contribution in [0.1, 0.15) is 39.5 Å². The molecule has 3 heteroatoms. The molecule has 3 rings (SSSR count). The van der Waals surface area contributed by atoms with Gasteiger partial charge in [0, 0.05) is 5.69 Å². The standard InChI is InChI=1S/C18H19NO2/c1-12-14(18(20)21-2)8-5-9-16(12)19-17-11-10-13-6-3-4-7-15(13)17/h3-9,17,19H,10-11H2,1-2H3. The highest BCUT2D eigenvalue weighted by molar-refractivity contribution is 5.92. The Morgan fingerprint density at radius 3 is 2.81 bits per heavy atom. The Morgan fingerprint density at radius 2 is 2.00 bits per heavy atom. The number of fused-ring (bicyclic) bond motifs is 1. The highest BCUT2D eigenvalue weighted by atomic mass is 16.5. The average molecular weight is 281 g/mol. The van der Waals surface area contributed by atoms with Gasteiger partial charge < -0.3 is 10.1 Å². The van der Waals surface area contributed by atoms with E-state index in [4.69, 9.17) is 4.74 Å². The van der Waals surface area contributed by atoms with E-state index in [1.165, 1.54) is 18.2 Å². The number of methoxy groups -OCH3 is 1. The minimum Gasteiger partial charge on any atom is -0.465 e. The van der Waals surface area contributed by atoms with Crippen LogP contribution >= 0.6 is 0 Å². The molecule has 3 nitrogen and oxygen atoms in total. The van der Waals surface area contributed by atoms with E-state index in [0.717, 1.165) is 24.1 Å². The first-order chi connectivity index (χ1) is 10.2. The quantitative estimate of drug-likeness (QED) is 0.868. The molecule has 0 aliphatic heterocycles. The van der Waals surface area contributed by atoms with Crippen molar-refractivity contribution in [1.82, 2.24) is 0 Å². The van der Waals surface area contributed by atoms with Gasteiger partial charge >= 0.3 is 5.97 Å². The fourth-order valence-corrected chi connectivity index (χ4v) is 3.02. The molecule has 0 aromatic heterocycles. The Hall–Kier alpha value is -2.29. The highest BCUT2D eigenvalue weighted by Gasteiger charge is 2.22. The molecule has 1 unspecified atom stereocenters. The third kappa shape index (κ3) is 2.51. The third-order valence-electron chi connectivity index (χ3n) is 4.20. The van der Waals surface area contributed by atoms with Gasteiger partial charge in [-0.05, 0) is 48.6 Å². The van der Waals surface area contributed by atoms with Crippen molar-refractivity contribution in [3.8, 4) is 0 Å². The Bertz CT molecular complexity index is 679. The van der Waals surface area contributed by atoms with Crippen LogP contribution in [-0.4, -0.2) is 13.1 Å². The number of aryl methyl sites for hydroxylation is 1. The lowest BCUT2D eigenvalue weighted by atomic mass is 10.0. The van der Waals surface area contributed by atoms with Crippen LogP contribution in [0.15, 0.2) is 42.5 Å². The molecule has 0 spiro atoms. The molecule has 2 aromatic carbocycles. The van der Waals surface area contributed by atoms with Crippen LogP contribution < -0.4 is 5.32 Å². The van der Waals surface area contributed by atoms with E-state index < -0.39 is 0 Å². The van der Waals surface area contributed by atoms with Gasteiger partial charge in [-0.2, -0.15) is 0 Å². The zero-order valence-corrected chi connectivity index (χ0v) is 12.3. The van der Waals surface area contributed by atoms with Crippen molar-refractivity contribution >= 4 is 11.7 Å². The molecule has 0 saturated heterocycles. The van der Waals surface area contributed by atoms with Crippen molar-refractivity contribution < 1.29 is 9.53 Å². The van der Waals surface area contributed by atoms with E-state index in [1.807, 2.05) is 19.1 Å². The van der Waals surface area contributed by atoms with E-state index in [1.54, 1.807) is 6.07 Å². The van der Waals surface area contributed by atoms with E-state index in [2.05, 4.69) is 29.6 Å². The number of carbonyl (C=O) groups excluding carboxylic acids is 1. The summed E-state index contributed by atoms with van der Waals surface area (Å²) in [6, 6.07) is 14.6. The first kappa shape index (κ1) is 13.7. The zero-order chi connectivity index (χ0) is 14.8. The predicted molar refractivity (Wildman–Crippen MR) is 83.6 cm³/mol. The Kier molecular flexibility index (Phi) is 3.65. The number of rotatable bonds is 3. The second kappa shape index (κ2) is 5.60. The van der Waals surface area contributed by atoms with Crippen molar-refractivity contribution in [2.75, 3.05) is 12.4 Å². The van der Waals surface area contributed by atoms with Gasteiger partial charge in [0.25, 0.3) is 0 Å². The Morgan fingerprint density at radius 1 is 1.19 bits per heavy atom. The van der Waals surface area contributed by atoms with Crippen LogP contribution in [0, 0.1) is 6.92 Å². The fourth-order valence-electron chi connectivity index (χ4n) is 3.02. The molecule has 0 heterocycles. The summed E-state index contributed by atoms with van der Waals surface area (Å²) in [5, 5.41) is 3.58. The molecule has 108 valence electrons. The summed E-state index contributed by atoms with van der Waals surface area (Å²) in [6.07, 6.45) is 2.19. The van der Waals surface area contributed by atoms with Crippen LogP contribution in [0.3, 0.4) is 0 Å². The molecule has 0 bridgehead atoms. The van der Waals surface area contributed by atoms with E-state index in [9.17, 15) is 4.79 Å². The first-order valence-electron chi connectivity index (χ1n) is 7.23. The summed E-state index contributed by atoms with van der Waals surface area (Å²) in [5.41, 5.74) is 5.33. The number of hydrogen-bond donors (Lipinski definition) is 1. The molecule has 0 radical (unpaired) electrons. The maximum atomic E-state index is 11.8. The van der Waals surface area contributed by atoms with Crippen LogP contribution in [0.25, 0.3) is 0 Å². The second-order valence-electron chi connectivity index (χ2n) is 5.40. The number of anilines is 1. The van der Waals surface area contributed by atoms with Gasteiger partial charge in [0.15, 0.2) is 0 Å². The highest BCUT2D eigenvalue weighted by Crippen LogP contribution is 2.34. The second-order valence-corrected chi connectivity index (χ2v) is 5.40. The lowest BCUT2D eigenvalue weighted by Crippen LogP contribution is -2.11. The normalized spacial score (nSPS) is 16.4. The molecule has 1 aliphatic rings. The number of benzene rings is 2. The zero-order valence-electron chi connectivity index (χ0n) is 12.3. The summed E-state index contributed by atoms with van der Waals surface area (Å²) in [7, 11) is 1.41. The van der Waals surface area contributed by atoms with Crippen molar-refractivity contribution in [2.24, 2.45) is 0 Å². The average Bonchev–Trinajstić information content (AvgIpc) is 2.92. The summed E-state index contributed by atoms with van der Waals surface area (Å²) >= 11 is 0. The maximum absolute atomic E-state index is 11.8. The molecule has 21 heavy (non-hydrogen) atoms. The number of nitrogens with one attached hydrogen (secondary N) is 1. The van der Waals surface area contributed by atoms with Crippen LogP contribution in [0.2, 0.25) is 0 Å². The summed E-state index contributed by atoms with van der Waals surface area (Å²) in [4.78, 5) is 11.8. The summed E-state index contributed by atoms with van der Waals surface area (Å²) in [6.45, 7) is 1.95. The van der Waals surface area contributed by atoms with Crippen molar-refractivity contribution in [1.29, 1.82) is 0 Å². The van der Waals surface area contributed by atoms with E-state index in [0.29, 0.717) is 11.6 Å². The first-order valence-corrected chi connectivity index (χ1v) is 7.23. The van der Waals surface area contributed by atoms with Gasteiger partial charge in [0.05, 0.1) is 18.7 Å². The number of hydrogen-bond acceptors (Lipinski definition) is 3. The summed E-state index contributed by atoms with van der Waals surface area (Å²) in [5.74, 6) is -0.289. The smallest absolute Gasteiger partial charge is 0.338 e. The summed E-state index contributed by atoms with van der Waals surface area (Å²) < 4.78 is 4.83. The lowest BCUT2D eigenvalue weighted by Gasteiger charge is -2.18. The van der Waals surface area contributed by atoms with E-state index in [-0.39, 0.29) is 5.97 Å². The maximum Gasteiger partial charge on any atom is 0.338 e. The monoisotopic (exact) mass is 281 g/mol. The van der Waals surface area contributed by atoms with Gasteiger partial charge in [-0.3, -0.25) is 0 Å². The van der Waals surface area contributed by atoms with E-state index >= 15 is 0 Å². The van der Waals surface area contributed by atoms with Crippen LogP contribution in [0.4, 0.5) is 5.69 Å².